The number of aliphatic carboxylic acids is 1. The van der Waals surface area contributed by atoms with Crippen LogP contribution in [0, 0.1) is 6.92 Å². The van der Waals surface area contributed by atoms with Crippen LogP contribution < -0.4 is 5.32 Å². The number of amides is 1. The van der Waals surface area contributed by atoms with Gasteiger partial charge in [0.2, 0.25) is 5.91 Å². The number of aryl methyl sites for hydroxylation is 1. The van der Waals surface area contributed by atoms with E-state index in [0.717, 1.165) is 11.1 Å². The molecule has 0 fully saturated rings. The summed E-state index contributed by atoms with van der Waals surface area (Å²) < 4.78 is 0. The van der Waals surface area contributed by atoms with E-state index in [0.29, 0.717) is 12.8 Å². The number of carbonyl (C=O) groups excluding carboxylic acids is 1. The molecule has 0 spiro atoms. The zero-order valence-electron chi connectivity index (χ0n) is 11.7. The first-order valence-corrected chi connectivity index (χ1v) is 6.47. The van der Waals surface area contributed by atoms with Crippen molar-refractivity contribution in [3.63, 3.8) is 0 Å². The first kappa shape index (κ1) is 15.2. The van der Waals surface area contributed by atoms with Crippen molar-refractivity contribution in [2.24, 2.45) is 0 Å². The Morgan fingerprint density at radius 1 is 1.37 bits per heavy atom. The van der Waals surface area contributed by atoms with Crippen molar-refractivity contribution >= 4 is 11.9 Å². The lowest BCUT2D eigenvalue weighted by atomic mass is 9.95. The molecule has 0 aliphatic heterocycles. The van der Waals surface area contributed by atoms with Gasteiger partial charge in [-0.25, -0.2) is 4.79 Å². The monoisotopic (exact) mass is 263 g/mol. The van der Waals surface area contributed by atoms with E-state index in [1.54, 1.807) is 6.92 Å². The maximum absolute atomic E-state index is 11.9. The Bertz CT molecular complexity index is 470. The Hall–Kier alpha value is -1.84. The highest BCUT2D eigenvalue weighted by atomic mass is 16.4. The SMILES string of the molecule is CCCC(C)(NC(=O)Cc1cccc(C)c1)C(=O)O. The molecule has 0 bridgehead atoms. The van der Waals surface area contributed by atoms with E-state index in [1.807, 2.05) is 38.1 Å². The van der Waals surface area contributed by atoms with Crippen LogP contribution in [0.1, 0.15) is 37.8 Å². The fourth-order valence-electron chi connectivity index (χ4n) is 2.08. The average molecular weight is 263 g/mol. The van der Waals surface area contributed by atoms with Gasteiger partial charge >= 0.3 is 5.97 Å². The summed E-state index contributed by atoms with van der Waals surface area (Å²) in [4.78, 5) is 23.2. The zero-order chi connectivity index (χ0) is 14.5. The summed E-state index contributed by atoms with van der Waals surface area (Å²) in [5.74, 6) is -1.25. The van der Waals surface area contributed by atoms with E-state index < -0.39 is 11.5 Å². The lowest BCUT2D eigenvalue weighted by molar-refractivity contribution is -0.147. The van der Waals surface area contributed by atoms with Gasteiger partial charge in [0.25, 0.3) is 0 Å². The molecule has 0 aliphatic rings. The molecule has 4 heteroatoms. The molecular weight excluding hydrogens is 242 g/mol. The van der Waals surface area contributed by atoms with Crippen LogP contribution in [-0.4, -0.2) is 22.5 Å². The van der Waals surface area contributed by atoms with Gasteiger partial charge in [0.1, 0.15) is 5.54 Å². The van der Waals surface area contributed by atoms with E-state index in [4.69, 9.17) is 0 Å². The smallest absolute Gasteiger partial charge is 0.329 e. The number of benzene rings is 1. The van der Waals surface area contributed by atoms with Crippen molar-refractivity contribution in [3.05, 3.63) is 35.4 Å². The van der Waals surface area contributed by atoms with Crippen LogP contribution in [0.3, 0.4) is 0 Å². The normalized spacial score (nSPS) is 13.6. The highest BCUT2D eigenvalue weighted by molar-refractivity contribution is 5.87. The van der Waals surface area contributed by atoms with E-state index in [-0.39, 0.29) is 12.3 Å². The zero-order valence-corrected chi connectivity index (χ0v) is 11.7. The van der Waals surface area contributed by atoms with Gasteiger partial charge in [-0.2, -0.15) is 0 Å². The van der Waals surface area contributed by atoms with Crippen molar-refractivity contribution in [3.8, 4) is 0 Å². The van der Waals surface area contributed by atoms with E-state index in [1.165, 1.54) is 0 Å². The van der Waals surface area contributed by atoms with Crippen molar-refractivity contribution in [2.45, 2.75) is 45.6 Å². The van der Waals surface area contributed by atoms with Crippen LogP contribution in [0.4, 0.5) is 0 Å². The minimum atomic E-state index is -1.18. The van der Waals surface area contributed by atoms with Crippen LogP contribution in [0.5, 0.6) is 0 Å². The molecule has 1 amide bonds. The highest BCUT2D eigenvalue weighted by Gasteiger charge is 2.33. The lowest BCUT2D eigenvalue weighted by Crippen LogP contribution is -2.52. The molecule has 0 saturated carbocycles. The molecule has 0 heterocycles. The van der Waals surface area contributed by atoms with Gasteiger partial charge in [-0.3, -0.25) is 4.79 Å². The molecule has 0 radical (unpaired) electrons. The molecule has 19 heavy (non-hydrogen) atoms. The third-order valence-electron chi connectivity index (χ3n) is 3.08. The van der Waals surface area contributed by atoms with E-state index >= 15 is 0 Å². The second-order valence-corrected chi connectivity index (χ2v) is 5.10. The number of rotatable bonds is 6. The molecule has 104 valence electrons. The van der Waals surface area contributed by atoms with Gasteiger partial charge in [-0.1, -0.05) is 43.2 Å². The van der Waals surface area contributed by atoms with Crippen molar-refractivity contribution in [1.29, 1.82) is 0 Å². The molecule has 1 atom stereocenters. The van der Waals surface area contributed by atoms with Crippen LogP contribution in [0.2, 0.25) is 0 Å². The highest BCUT2D eigenvalue weighted by Crippen LogP contribution is 2.13. The van der Waals surface area contributed by atoms with E-state index in [9.17, 15) is 14.7 Å². The molecule has 0 aliphatic carbocycles. The predicted octanol–water partition coefficient (Wildman–Crippen LogP) is 2.30. The van der Waals surface area contributed by atoms with Crippen LogP contribution in [-0.2, 0) is 16.0 Å². The Kier molecular flexibility index (Phi) is 5.10. The third-order valence-corrected chi connectivity index (χ3v) is 3.08. The molecular formula is C15H21NO3. The molecule has 2 N–H and O–H groups in total. The molecule has 1 aromatic rings. The van der Waals surface area contributed by atoms with Crippen molar-refractivity contribution in [1.82, 2.24) is 5.32 Å². The molecule has 1 aromatic carbocycles. The average Bonchev–Trinajstić information content (AvgIpc) is 2.28. The molecule has 0 saturated heterocycles. The Morgan fingerprint density at radius 2 is 2.05 bits per heavy atom. The maximum atomic E-state index is 11.9. The minimum absolute atomic E-state index is 0.203. The fraction of sp³-hybridized carbons (Fsp3) is 0.467. The van der Waals surface area contributed by atoms with Gasteiger partial charge < -0.3 is 10.4 Å². The summed E-state index contributed by atoms with van der Waals surface area (Å²) in [5, 5.41) is 11.8. The molecule has 1 rings (SSSR count). The number of nitrogens with one attached hydrogen (secondary N) is 1. The van der Waals surface area contributed by atoms with Gasteiger partial charge in [0.05, 0.1) is 6.42 Å². The quantitative estimate of drug-likeness (QED) is 0.827. The van der Waals surface area contributed by atoms with Gasteiger partial charge in [-0.15, -0.1) is 0 Å². The predicted molar refractivity (Wildman–Crippen MR) is 74.0 cm³/mol. The van der Waals surface area contributed by atoms with E-state index in [2.05, 4.69) is 5.32 Å². The van der Waals surface area contributed by atoms with Crippen LogP contribution in [0.15, 0.2) is 24.3 Å². The van der Waals surface area contributed by atoms with Gasteiger partial charge in [0.15, 0.2) is 0 Å². The second-order valence-electron chi connectivity index (χ2n) is 5.10. The molecule has 0 aromatic heterocycles. The molecule has 4 nitrogen and oxygen atoms in total. The Labute approximate surface area is 113 Å². The van der Waals surface area contributed by atoms with Crippen molar-refractivity contribution < 1.29 is 14.7 Å². The number of hydrogen-bond acceptors (Lipinski definition) is 2. The summed E-state index contributed by atoms with van der Waals surface area (Å²) in [5.41, 5.74) is 0.789. The lowest BCUT2D eigenvalue weighted by Gasteiger charge is -2.25. The number of carboxylic acid groups (broad SMARTS) is 1. The minimum Gasteiger partial charge on any atom is -0.480 e. The Morgan fingerprint density at radius 3 is 2.58 bits per heavy atom. The van der Waals surface area contributed by atoms with Crippen LogP contribution >= 0.6 is 0 Å². The summed E-state index contributed by atoms with van der Waals surface area (Å²) in [7, 11) is 0. The van der Waals surface area contributed by atoms with Gasteiger partial charge in [-0.05, 0) is 25.8 Å². The summed E-state index contributed by atoms with van der Waals surface area (Å²) in [6.07, 6.45) is 1.32. The summed E-state index contributed by atoms with van der Waals surface area (Å²) in [6, 6.07) is 7.64. The number of hydrogen-bond donors (Lipinski definition) is 2. The fourth-order valence-corrected chi connectivity index (χ4v) is 2.08. The topological polar surface area (TPSA) is 66.4 Å². The Balaban J connectivity index is 2.71. The first-order chi connectivity index (χ1) is 8.87. The standard InChI is InChI=1S/C15H21NO3/c1-4-8-15(3,14(18)19)16-13(17)10-12-7-5-6-11(2)9-12/h5-7,9H,4,8,10H2,1-3H3,(H,16,17)(H,18,19). The third kappa shape index (κ3) is 4.39. The van der Waals surface area contributed by atoms with Crippen LogP contribution in [0.25, 0.3) is 0 Å². The summed E-state index contributed by atoms with van der Waals surface area (Å²) >= 11 is 0. The maximum Gasteiger partial charge on any atom is 0.329 e. The van der Waals surface area contributed by atoms with Crippen molar-refractivity contribution in [2.75, 3.05) is 0 Å². The number of carbonyl (C=O) groups is 2. The first-order valence-electron chi connectivity index (χ1n) is 6.47. The molecule has 1 unspecified atom stereocenters. The largest absolute Gasteiger partial charge is 0.480 e. The summed E-state index contributed by atoms with van der Waals surface area (Å²) in [6.45, 7) is 5.40. The van der Waals surface area contributed by atoms with Gasteiger partial charge in [0, 0.05) is 0 Å². The second kappa shape index (κ2) is 6.36. The number of carboxylic acids is 1.